The molecule has 4 N–H and O–H groups in total. The Balaban J connectivity index is 3.08. The van der Waals surface area contributed by atoms with Crippen LogP contribution in [-0.4, -0.2) is 49.9 Å². The van der Waals surface area contributed by atoms with Gasteiger partial charge in [-0.05, 0) is 5.56 Å². The van der Waals surface area contributed by atoms with Gasteiger partial charge in [-0.25, -0.2) is 9.59 Å². The van der Waals surface area contributed by atoms with Crippen LogP contribution in [0.5, 0.6) is 0 Å². The quantitative estimate of drug-likeness (QED) is 0.483. The van der Waals surface area contributed by atoms with E-state index in [9.17, 15) is 24.3 Å². The Hall–Kier alpha value is -2.94. The lowest BCUT2D eigenvalue weighted by Crippen LogP contribution is -2.47. The summed E-state index contributed by atoms with van der Waals surface area (Å²) in [5, 5.41) is 36.5. The van der Waals surface area contributed by atoms with Gasteiger partial charge in [-0.1, -0.05) is 30.3 Å². The first-order chi connectivity index (χ1) is 10.7. The minimum atomic E-state index is -2.81. The summed E-state index contributed by atoms with van der Waals surface area (Å²) >= 11 is 0. The Kier molecular flexibility index (Phi) is 5.80. The number of benzene rings is 1. The van der Waals surface area contributed by atoms with Gasteiger partial charge in [0.2, 0.25) is 5.60 Å². The summed E-state index contributed by atoms with van der Waals surface area (Å²) in [6, 6.07) is 7.35. The maximum absolute atomic E-state index is 11.9. The molecule has 0 aliphatic rings. The van der Waals surface area contributed by atoms with Gasteiger partial charge in [-0.3, -0.25) is 9.59 Å². The molecule has 1 aromatic rings. The number of esters is 1. The molecular weight excluding hydrogens is 312 g/mol. The van der Waals surface area contributed by atoms with E-state index in [4.69, 9.17) is 15.3 Å². The lowest BCUT2D eigenvalue weighted by molar-refractivity contribution is -0.191. The van der Waals surface area contributed by atoms with Crippen molar-refractivity contribution in [1.29, 1.82) is 0 Å². The number of carboxylic acid groups (broad SMARTS) is 3. The zero-order chi connectivity index (χ0) is 17.6. The molecule has 0 radical (unpaired) electrons. The molecule has 0 saturated carbocycles. The summed E-state index contributed by atoms with van der Waals surface area (Å²) in [5.41, 5.74) is -2.73. The van der Waals surface area contributed by atoms with Gasteiger partial charge < -0.3 is 25.2 Å². The average Bonchev–Trinajstić information content (AvgIpc) is 2.45. The highest BCUT2D eigenvalue weighted by Gasteiger charge is 2.48. The Morgan fingerprint density at radius 3 is 1.83 bits per heavy atom. The third-order valence-electron chi connectivity index (χ3n) is 2.90. The van der Waals surface area contributed by atoms with Crippen LogP contribution in [0, 0.1) is 0 Å². The van der Waals surface area contributed by atoms with E-state index in [0.29, 0.717) is 0 Å². The summed E-state index contributed by atoms with van der Waals surface area (Å²) in [4.78, 5) is 44.8. The molecule has 0 saturated heterocycles. The molecule has 1 atom stereocenters. The second-order valence-electron chi connectivity index (χ2n) is 4.67. The average molecular weight is 326 g/mol. The second kappa shape index (κ2) is 7.36. The van der Waals surface area contributed by atoms with Crippen LogP contribution in [0.15, 0.2) is 30.3 Å². The van der Waals surface area contributed by atoms with Crippen LogP contribution in [0.4, 0.5) is 0 Å². The van der Waals surface area contributed by atoms with E-state index in [1.807, 2.05) is 0 Å². The molecule has 0 aliphatic heterocycles. The Morgan fingerprint density at radius 2 is 1.43 bits per heavy atom. The van der Waals surface area contributed by atoms with Crippen molar-refractivity contribution in [3.63, 3.8) is 0 Å². The number of carbonyl (C=O) groups excluding carboxylic acids is 1. The first kappa shape index (κ1) is 18.1. The number of aliphatic carboxylic acids is 3. The van der Waals surface area contributed by atoms with Crippen molar-refractivity contribution in [3.05, 3.63) is 35.9 Å². The number of carbonyl (C=O) groups is 4. The number of ether oxygens (including phenoxy) is 1. The van der Waals surface area contributed by atoms with Crippen LogP contribution in [0.25, 0.3) is 0 Å². The van der Waals surface area contributed by atoms with Gasteiger partial charge in [-0.15, -0.1) is 0 Å². The third-order valence-corrected chi connectivity index (χ3v) is 2.90. The van der Waals surface area contributed by atoms with E-state index >= 15 is 0 Å². The minimum Gasteiger partial charge on any atom is -0.481 e. The summed E-state index contributed by atoms with van der Waals surface area (Å²) in [6.07, 6.45) is -4.40. The van der Waals surface area contributed by atoms with Gasteiger partial charge >= 0.3 is 23.9 Å². The van der Waals surface area contributed by atoms with Crippen LogP contribution >= 0.6 is 0 Å². The number of carboxylic acids is 3. The summed E-state index contributed by atoms with van der Waals surface area (Å²) in [6.45, 7) is 0. The standard InChI is InChI=1S/C14H14O9/c15-9(16)6-14(13(21)22,7-10(17)18)23-12(20)11(19)8-4-2-1-3-5-8/h1-5,11,19H,6-7H2,(H,15,16)(H,17,18)(H,21,22). The molecular formula is C14H14O9. The minimum absolute atomic E-state index is 0.0856. The molecule has 0 amide bonds. The number of hydrogen-bond acceptors (Lipinski definition) is 6. The molecule has 0 aliphatic carbocycles. The molecule has 9 nitrogen and oxygen atoms in total. The predicted octanol–water partition coefficient (Wildman–Crippen LogP) is 0.0360. The van der Waals surface area contributed by atoms with Crippen LogP contribution in [-0.2, 0) is 23.9 Å². The van der Waals surface area contributed by atoms with E-state index in [1.54, 1.807) is 6.07 Å². The van der Waals surface area contributed by atoms with E-state index in [0.717, 1.165) is 0 Å². The van der Waals surface area contributed by atoms with E-state index < -0.39 is 48.4 Å². The van der Waals surface area contributed by atoms with Crippen LogP contribution < -0.4 is 0 Å². The van der Waals surface area contributed by atoms with Crippen LogP contribution in [0.3, 0.4) is 0 Å². The normalized spacial score (nSPS) is 12.2. The fraction of sp³-hybridized carbons (Fsp3) is 0.286. The van der Waals surface area contributed by atoms with Gasteiger partial charge in [0.25, 0.3) is 0 Å². The van der Waals surface area contributed by atoms with Gasteiger partial charge in [-0.2, -0.15) is 0 Å². The fourth-order valence-electron chi connectivity index (χ4n) is 1.84. The predicted molar refractivity (Wildman–Crippen MR) is 72.4 cm³/mol. The van der Waals surface area contributed by atoms with E-state index in [2.05, 4.69) is 4.74 Å². The molecule has 0 bridgehead atoms. The lowest BCUT2D eigenvalue weighted by Gasteiger charge is -2.27. The highest BCUT2D eigenvalue weighted by Crippen LogP contribution is 2.25. The summed E-state index contributed by atoms with van der Waals surface area (Å²) < 4.78 is 4.59. The van der Waals surface area contributed by atoms with Crippen LogP contribution in [0.2, 0.25) is 0 Å². The number of aliphatic hydroxyl groups is 1. The molecule has 23 heavy (non-hydrogen) atoms. The van der Waals surface area contributed by atoms with E-state index in [1.165, 1.54) is 24.3 Å². The van der Waals surface area contributed by atoms with Crippen LogP contribution in [0.1, 0.15) is 24.5 Å². The highest BCUT2D eigenvalue weighted by atomic mass is 16.6. The lowest BCUT2D eigenvalue weighted by atomic mass is 9.95. The first-order valence-corrected chi connectivity index (χ1v) is 6.31. The highest BCUT2D eigenvalue weighted by molar-refractivity contribution is 5.91. The maximum Gasteiger partial charge on any atom is 0.349 e. The summed E-state index contributed by atoms with van der Waals surface area (Å²) in [5.74, 6) is -6.73. The molecule has 0 heterocycles. The molecule has 1 aromatic carbocycles. The molecule has 9 heteroatoms. The molecule has 0 fully saturated rings. The van der Waals surface area contributed by atoms with Gasteiger partial charge in [0.15, 0.2) is 6.10 Å². The summed E-state index contributed by atoms with van der Waals surface area (Å²) in [7, 11) is 0. The fourth-order valence-corrected chi connectivity index (χ4v) is 1.84. The van der Waals surface area contributed by atoms with Gasteiger partial charge in [0.1, 0.15) is 0 Å². The van der Waals surface area contributed by atoms with Gasteiger partial charge in [0.05, 0.1) is 12.8 Å². The number of rotatable bonds is 8. The van der Waals surface area contributed by atoms with Gasteiger partial charge in [0, 0.05) is 0 Å². The molecule has 124 valence electrons. The SMILES string of the molecule is O=C(O)CC(CC(=O)O)(OC(=O)C(O)c1ccccc1)C(=O)O. The topological polar surface area (TPSA) is 158 Å². The van der Waals surface area contributed by atoms with Crippen molar-refractivity contribution in [3.8, 4) is 0 Å². The molecule has 1 rings (SSSR count). The van der Waals surface area contributed by atoms with Crippen molar-refractivity contribution in [1.82, 2.24) is 0 Å². The Bertz CT molecular complexity index is 592. The largest absolute Gasteiger partial charge is 0.481 e. The maximum atomic E-state index is 11.9. The number of hydrogen-bond donors (Lipinski definition) is 4. The van der Waals surface area contributed by atoms with Crippen molar-refractivity contribution >= 4 is 23.9 Å². The van der Waals surface area contributed by atoms with Crippen molar-refractivity contribution < 1.29 is 44.3 Å². The second-order valence-corrected chi connectivity index (χ2v) is 4.67. The van der Waals surface area contributed by atoms with E-state index in [-0.39, 0.29) is 5.56 Å². The zero-order valence-electron chi connectivity index (χ0n) is 11.7. The first-order valence-electron chi connectivity index (χ1n) is 6.31. The van der Waals surface area contributed by atoms with Crippen molar-refractivity contribution in [2.45, 2.75) is 24.5 Å². The Morgan fingerprint density at radius 1 is 0.957 bits per heavy atom. The smallest absolute Gasteiger partial charge is 0.349 e. The number of aliphatic hydroxyl groups excluding tert-OH is 1. The zero-order valence-corrected chi connectivity index (χ0v) is 11.7. The third kappa shape index (κ3) is 4.78. The molecule has 0 spiro atoms. The van der Waals surface area contributed by atoms with Crippen molar-refractivity contribution in [2.75, 3.05) is 0 Å². The molecule has 1 unspecified atom stereocenters. The Labute approximate surface area is 129 Å². The molecule has 0 aromatic heterocycles. The van der Waals surface area contributed by atoms with Crippen molar-refractivity contribution in [2.24, 2.45) is 0 Å². The monoisotopic (exact) mass is 326 g/mol.